The predicted octanol–water partition coefficient (Wildman–Crippen LogP) is 2.35. The lowest BCUT2D eigenvalue weighted by atomic mass is 9.86. The van der Waals surface area contributed by atoms with Crippen LogP contribution in [0.15, 0.2) is 29.1 Å². The summed E-state index contributed by atoms with van der Waals surface area (Å²) in [6.45, 7) is 6.12. The topological polar surface area (TPSA) is 128 Å². The summed E-state index contributed by atoms with van der Waals surface area (Å²) in [4.78, 5) is 50.4. The number of benzene rings is 1. The molecule has 3 rings (SSSR count). The number of aromatic nitrogens is 2. The minimum absolute atomic E-state index is 0.00463. The molecule has 3 amide bonds. The van der Waals surface area contributed by atoms with Crippen molar-refractivity contribution in [3.8, 4) is 0 Å². The van der Waals surface area contributed by atoms with Gasteiger partial charge in [0.05, 0.1) is 11.0 Å². The van der Waals surface area contributed by atoms with E-state index in [1.54, 1.807) is 16.7 Å². The molecule has 1 aliphatic carbocycles. The van der Waals surface area contributed by atoms with Crippen LogP contribution < -0.4 is 22.1 Å². The maximum absolute atomic E-state index is 13.4. The zero-order valence-electron chi connectivity index (χ0n) is 19.7. The predicted molar refractivity (Wildman–Crippen MR) is 127 cm³/mol. The van der Waals surface area contributed by atoms with Crippen molar-refractivity contribution in [2.24, 2.45) is 17.1 Å². The average molecular weight is 458 g/mol. The summed E-state index contributed by atoms with van der Waals surface area (Å²) in [5, 5.41) is 5.39. The van der Waals surface area contributed by atoms with Crippen molar-refractivity contribution in [2.45, 2.75) is 71.9 Å². The minimum atomic E-state index is -0.912. The van der Waals surface area contributed by atoms with Gasteiger partial charge in [-0.1, -0.05) is 52.2 Å². The molecular formula is C24H35N5O4. The average Bonchev–Trinajstić information content (AvgIpc) is 3.03. The van der Waals surface area contributed by atoms with E-state index in [0.717, 1.165) is 30.3 Å². The second kappa shape index (κ2) is 10.2. The lowest BCUT2D eigenvalue weighted by molar-refractivity contribution is -0.125. The summed E-state index contributed by atoms with van der Waals surface area (Å²) in [7, 11) is 0. The number of nitrogens with zero attached hydrogens (tertiary/aromatic N) is 2. The van der Waals surface area contributed by atoms with Crippen LogP contribution in [0.5, 0.6) is 0 Å². The molecule has 0 radical (unpaired) electrons. The van der Waals surface area contributed by atoms with Crippen LogP contribution in [0.1, 0.15) is 59.3 Å². The van der Waals surface area contributed by atoms with E-state index in [4.69, 9.17) is 5.73 Å². The molecule has 1 heterocycles. The van der Waals surface area contributed by atoms with E-state index in [2.05, 4.69) is 10.6 Å². The van der Waals surface area contributed by atoms with Crippen LogP contribution in [-0.2, 0) is 16.1 Å². The Kier molecular flexibility index (Phi) is 7.61. The third kappa shape index (κ3) is 5.83. The normalized spacial score (nSPS) is 15.8. The molecule has 9 heteroatoms. The molecule has 0 unspecified atom stereocenters. The molecule has 0 bridgehead atoms. The number of nitrogens with one attached hydrogen (secondary N) is 2. The van der Waals surface area contributed by atoms with Crippen LogP contribution >= 0.6 is 0 Å². The molecule has 2 aromatic rings. The summed E-state index contributed by atoms with van der Waals surface area (Å²) < 4.78 is 2.80. The summed E-state index contributed by atoms with van der Waals surface area (Å²) in [6.07, 6.45) is 5.72. The van der Waals surface area contributed by atoms with Gasteiger partial charge in [-0.05, 0) is 36.3 Å². The quantitative estimate of drug-likeness (QED) is 0.589. The van der Waals surface area contributed by atoms with Gasteiger partial charge in [-0.2, -0.15) is 0 Å². The van der Waals surface area contributed by atoms with Crippen molar-refractivity contribution in [1.29, 1.82) is 0 Å². The van der Waals surface area contributed by atoms with Gasteiger partial charge in [0.1, 0.15) is 6.04 Å². The molecule has 1 atom stereocenters. The van der Waals surface area contributed by atoms with Crippen molar-refractivity contribution >= 4 is 28.9 Å². The zero-order valence-corrected chi connectivity index (χ0v) is 19.7. The van der Waals surface area contributed by atoms with E-state index in [1.807, 2.05) is 32.9 Å². The van der Waals surface area contributed by atoms with Crippen LogP contribution in [0.2, 0.25) is 0 Å². The van der Waals surface area contributed by atoms with Crippen molar-refractivity contribution in [2.75, 3.05) is 6.54 Å². The molecule has 1 fully saturated rings. The molecule has 0 aliphatic heterocycles. The fraction of sp³-hybridized carbons (Fsp3) is 0.583. The third-order valence-corrected chi connectivity index (χ3v) is 6.27. The van der Waals surface area contributed by atoms with E-state index in [-0.39, 0.29) is 13.0 Å². The Labute approximate surface area is 193 Å². The largest absolute Gasteiger partial charge is 0.370 e. The van der Waals surface area contributed by atoms with E-state index >= 15 is 0 Å². The molecule has 9 nitrogen and oxygen atoms in total. The number of imidazole rings is 1. The van der Waals surface area contributed by atoms with Crippen molar-refractivity contribution in [3.63, 3.8) is 0 Å². The second-order valence-corrected chi connectivity index (χ2v) is 9.98. The molecule has 180 valence electrons. The van der Waals surface area contributed by atoms with E-state index < -0.39 is 35.0 Å². The lowest BCUT2D eigenvalue weighted by Crippen LogP contribution is -2.55. The highest BCUT2D eigenvalue weighted by atomic mass is 16.2. The first-order valence-corrected chi connectivity index (χ1v) is 11.7. The Bertz CT molecular complexity index is 1070. The maximum Gasteiger partial charge on any atom is 0.337 e. The second-order valence-electron chi connectivity index (χ2n) is 9.98. The monoisotopic (exact) mass is 457 g/mol. The summed E-state index contributed by atoms with van der Waals surface area (Å²) in [5.41, 5.74) is 5.33. The van der Waals surface area contributed by atoms with Gasteiger partial charge in [0.15, 0.2) is 0 Å². The standard InChI is InChI=1S/C24H35N5O4/c1-24(2,3)20(21(31)26-14-13-19(25)30)27-22(32)29-18-12-8-7-11-17(18)28(23(29)33)15-16-9-5-4-6-10-16/h7-8,11-12,16,20H,4-6,9-10,13-15H2,1-3H3,(H2,25,30)(H,26,31)(H,27,32)/t20-/m1/s1. The Morgan fingerprint density at radius 2 is 1.73 bits per heavy atom. The fourth-order valence-corrected chi connectivity index (χ4v) is 4.48. The van der Waals surface area contributed by atoms with Crippen LogP contribution in [0.3, 0.4) is 0 Å². The Morgan fingerprint density at radius 1 is 1.09 bits per heavy atom. The third-order valence-electron chi connectivity index (χ3n) is 6.27. The molecule has 1 aromatic heterocycles. The van der Waals surface area contributed by atoms with E-state index in [1.165, 1.54) is 6.42 Å². The van der Waals surface area contributed by atoms with E-state index in [9.17, 15) is 19.2 Å². The molecule has 33 heavy (non-hydrogen) atoms. The smallest absolute Gasteiger partial charge is 0.337 e. The Balaban J connectivity index is 1.88. The number of fused-ring (bicyclic) bond motifs is 1. The number of primary amides is 1. The van der Waals surface area contributed by atoms with Gasteiger partial charge in [-0.3, -0.25) is 14.2 Å². The van der Waals surface area contributed by atoms with Crippen molar-refractivity contribution in [1.82, 2.24) is 19.8 Å². The SMILES string of the molecule is CC(C)(C)[C@H](NC(=O)n1c(=O)n(CC2CCCCC2)c2ccccc21)C(=O)NCCC(N)=O. The number of rotatable bonds is 7. The lowest BCUT2D eigenvalue weighted by Gasteiger charge is -2.30. The zero-order chi connectivity index (χ0) is 24.2. The number of hydrogen-bond donors (Lipinski definition) is 3. The van der Waals surface area contributed by atoms with Crippen molar-refractivity contribution < 1.29 is 14.4 Å². The van der Waals surface area contributed by atoms with Crippen molar-refractivity contribution in [3.05, 3.63) is 34.7 Å². The first-order valence-electron chi connectivity index (χ1n) is 11.7. The number of para-hydroxylation sites is 2. The van der Waals surface area contributed by atoms with Gasteiger partial charge >= 0.3 is 11.7 Å². The molecule has 4 N–H and O–H groups in total. The molecule has 1 aromatic carbocycles. The molecular weight excluding hydrogens is 422 g/mol. The van der Waals surface area contributed by atoms with Gasteiger partial charge in [-0.15, -0.1) is 0 Å². The van der Waals surface area contributed by atoms with Crippen LogP contribution in [0, 0.1) is 11.3 Å². The maximum atomic E-state index is 13.4. The molecule has 0 spiro atoms. The highest BCUT2D eigenvalue weighted by molar-refractivity contribution is 5.93. The number of nitrogens with two attached hydrogens (primary N) is 1. The molecule has 0 saturated heterocycles. The van der Waals surface area contributed by atoms with Gasteiger partial charge in [0, 0.05) is 19.5 Å². The summed E-state index contributed by atoms with van der Waals surface area (Å²) in [5.74, 6) is -0.544. The highest BCUT2D eigenvalue weighted by Crippen LogP contribution is 2.26. The molecule has 1 saturated carbocycles. The Morgan fingerprint density at radius 3 is 2.33 bits per heavy atom. The van der Waals surface area contributed by atoms with Gasteiger partial charge < -0.3 is 16.4 Å². The number of carbonyl (C=O) groups excluding carboxylic acids is 3. The number of carbonyl (C=O) groups is 3. The number of hydrogen-bond acceptors (Lipinski definition) is 4. The van der Waals surface area contributed by atoms with Crippen LogP contribution in [-0.4, -0.2) is 39.6 Å². The number of amides is 3. The van der Waals surface area contributed by atoms with Gasteiger partial charge in [-0.25, -0.2) is 14.2 Å². The Hall–Kier alpha value is -3.10. The van der Waals surface area contributed by atoms with E-state index in [0.29, 0.717) is 23.5 Å². The van der Waals surface area contributed by atoms with Gasteiger partial charge in [0.2, 0.25) is 11.8 Å². The minimum Gasteiger partial charge on any atom is -0.370 e. The summed E-state index contributed by atoms with van der Waals surface area (Å²) >= 11 is 0. The van der Waals surface area contributed by atoms with Gasteiger partial charge in [0.25, 0.3) is 0 Å². The van der Waals surface area contributed by atoms with Crippen LogP contribution in [0.25, 0.3) is 11.0 Å². The van der Waals surface area contributed by atoms with Crippen LogP contribution in [0.4, 0.5) is 4.79 Å². The summed E-state index contributed by atoms with van der Waals surface area (Å²) in [6, 6.07) is 5.67. The fourth-order valence-electron chi connectivity index (χ4n) is 4.48. The first-order chi connectivity index (χ1) is 15.6. The first kappa shape index (κ1) is 24.5. The molecule has 1 aliphatic rings. The highest BCUT2D eigenvalue weighted by Gasteiger charge is 2.34.